The van der Waals surface area contributed by atoms with Gasteiger partial charge in [0.1, 0.15) is 0 Å². The van der Waals surface area contributed by atoms with E-state index in [1.807, 2.05) is 20.8 Å². The minimum Gasteiger partial charge on any atom is -0.374 e. The van der Waals surface area contributed by atoms with Gasteiger partial charge in [0.05, 0.1) is 5.75 Å². The smallest absolute Gasteiger partial charge is 0.374 e. The fourth-order valence-electron chi connectivity index (χ4n) is 1.40. The van der Waals surface area contributed by atoms with Crippen molar-refractivity contribution in [3.05, 3.63) is 10.8 Å². The highest BCUT2D eigenvalue weighted by molar-refractivity contribution is 8.01. The van der Waals surface area contributed by atoms with Crippen LogP contribution in [0.3, 0.4) is 0 Å². The van der Waals surface area contributed by atoms with E-state index in [1.54, 1.807) is 0 Å². The molecule has 0 rings (SSSR count). The Hall–Kier alpha value is -0.0631. The van der Waals surface area contributed by atoms with Gasteiger partial charge in [-0.2, -0.15) is 0 Å². The average Bonchev–Trinajstić information content (AvgIpc) is 2.26. The first-order chi connectivity index (χ1) is 7.74. The van der Waals surface area contributed by atoms with Crippen molar-refractivity contribution in [2.45, 2.75) is 33.2 Å². The second-order valence-electron chi connectivity index (χ2n) is 3.01. The van der Waals surface area contributed by atoms with Gasteiger partial charge in [-0.05, 0) is 27.2 Å². The van der Waals surface area contributed by atoms with Crippen molar-refractivity contribution in [3.8, 4) is 0 Å². The van der Waals surface area contributed by atoms with Crippen molar-refractivity contribution < 1.29 is 13.3 Å². The molecule has 0 atom stereocenters. The second-order valence-corrected chi connectivity index (χ2v) is 6.59. The molecule has 0 radical (unpaired) electrons. The highest BCUT2D eigenvalue weighted by atomic mass is 32.2. The summed E-state index contributed by atoms with van der Waals surface area (Å²) in [7, 11) is -2.46. The summed E-state index contributed by atoms with van der Waals surface area (Å²) in [6.07, 6.45) is 0.902. The Morgan fingerprint density at radius 2 is 1.56 bits per heavy atom. The summed E-state index contributed by atoms with van der Waals surface area (Å²) in [4.78, 5) is 0. The van der Waals surface area contributed by atoms with Crippen LogP contribution in [0.25, 0.3) is 4.25 Å². The molecule has 0 unspecified atom stereocenters. The van der Waals surface area contributed by atoms with Gasteiger partial charge in [-0.3, -0.25) is 0 Å². The molecule has 0 N–H and O–H groups in total. The Morgan fingerprint density at radius 1 is 1.06 bits per heavy atom. The van der Waals surface area contributed by atoms with Gasteiger partial charge in [-0.1, -0.05) is 0 Å². The van der Waals surface area contributed by atoms with Crippen molar-refractivity contribution in [2.75, 3.05) is 25.6 Å². The predicted molar refractivity (Wildman–Crippen MR) is 69.1 cm³/mol. The van der Waals surface area contributed by atoms with Crippen molar-refractivity contribution in [1.29, 1.82) is 0 Å². The predicted octanol–water partition coefficient (Wildman–Crippen LogP) is 2.99. The highest BCUT2D eigenvalue weighted by Gasteiger charge is 2.39. The van der Waals surface area contributed by atoms with E-state index in [9.17, 15) is 0 Å². The van der Waals surface area contributed by atoms with Gasteiger partial charge in [0.2, 0.25) is 0 Å². The summed E-state index contributed by atoms with van der Waals surface area (Å²) in [5.41, 5.74) is 0. The van der Waals surface area contributed by atoms with E-state index < -0.39 is 8.80 Å². The molecule has 0 aromatic rings. The lowest BCUT2D eigenvalue weighted by Gasteiger charge is -2.28. The molecule has 0 aliphatic heterocycles. The SMILES string of the molecule is [C-]#[N+]SCCC[Si](OCC)(OCC)OCC. The molecular formula is C10H21NO3SSi. The third-order valence-corrected chi connectivity index (χ3v) is 5.63. The molecule has 4 nitrogen and oxygen atoms in total. The van der Waals surface area contributed by atoms with Crippen LogP contribution in [0.1, 0.15) is 27.2 Å². The van der Waals surface area contributed by atoms with Crippen molar-refractivity contribution in [1.82, 2.24) is 0 Å². The molecule has 0 saturated heterocycles. The highest BCUT2D eigenvalue weighted by Crippen LogP contribution is 2.19. The van der Waals surface area contributed by atoms with Crippen molar-refractivity contribution in [2.24, 2.45) is 0 Å². The summed E-state index contributed by atoms with van der Waals surface area (Å²) >= 11 is 1.25. The summed E-state index contributed by atoms with van der Waals surface area (Å²) in [5.74, 6) is 0.811. The lowest BCUT2D eigenvalue weighted by Crippen LogP contribution is -2.46. The second kappa shape index (κ2) is 10.1. The van der Waals surface area contributed by atoms with Crippen LogP contribution in [0.15, 0.2) is 0 Å². The van der Waals surface area contributed by atoms with Gasteiger partial charge < -0.3 is 13.3 Å². The van der Waals surface area contributed by atoms with Crippen molar-refractivity contribution in [3.63, 3.8) is 0 Å². The monoisotopic (exact) mass is 263 g/mol. The van der Waals surface area contributed by atoms with Crippen LogP contribution in [-0.4, -0.2) is 34.4 Å². The normalized spacial score (nSPS) is 11.4. The van der Waals surface area contributed by atoms with E-state index in [0.29, 0.717) is 19.8 Å². The maximum absolute atomic E-state index is 6.69. The van der Waals surface area contributed by atoms with Crippen LogP contribution >= 0.6 is 11.9 Å². The van der Waals surface area contributed by atoms with Crippen molar-refractivity contribution >= 4 is 20.8 Å². The van der Waals surface area contributed by atoms with Crippen LogP contribution in [0.2, 0.25) is 6.04 Å². The van der Waals surface area contributed by atoms with Crippen LogP contribution in [0.5, 0.6) is 0 Å². The molecule has 0 aromatic heterocycles. The van der Waals surface area contributed by atoms with Gasteiger partial charge >= 0.3 is 8.80 Å². The van der Waals surface area contributed by atoms with Crippen LogP contribution in [-0.2, 0) is 13.3 Å². The number of hydrogen-bond donors (Lipinski definition) is 0. The summed E-state index contributed by atoms with van der Waals surface area (Å²) < 4.78 is 20.3. The Bertz CT molecular complexity index is 194. The maximum Gasteiger partial charge on any atom is 0.500 e. The van der Waals surface area contributed by atoms with E-state index in [2.05, 4.69) is 4.25 Å². The molecular weight excluding hydrogens is 242 g/mol. The topological polar surface area (TPSA) is 32.0 Å². The Labute approximate surface area is 104 Å². The first-order valence-electron chi connectivity index (χ1n) is 5.65. The zero-order valence-electron chi connectivity index (χ0n) is 10.3. The Balaban J connectivity index is 4.18. The van der Waals surface area contributed by atoms with Crippen LogP contribution < -0.4 is 0 Å². The first kappa shape index (κ1) is 15.9. The Kier molecular flexibility index (Phi) is 10.1. The fraction of sp³-hybridized carbons (Fsp3) is 0.900. The maximum atomic E-state index is 6.69. The number of hydrogen-bond acceptors (Lipinski definition) is 4. The quantitative estimate of drug-likeness (QED) is 0.262. The molecule has 0 aromatic carbocycles. The largest absolute Gasteiger partial charge is 0.500 e. The summed E-state index contributed by atoms with van der Waals surface area (Å²) in [6.45, 7) is 14.4. The number of nitrogens with zero attached hydrogens (tertiary/aromatic N) is 1. The molecule has 0 spiro atoms. The van der Waals surface area contributed by atoms with Crippen LogP contribution in [0.4, 0.5) is 0 Å². The fourth-order valence-corrected chi connectivity index (χ4v) is 4.63. The van der Waals surface area contributed by atoms with E-state index in [4.69, 9.17) is 19.9 Å². The van der Waals surface area contributed by atoms with Crippen LogP contribution in [0, 0.1) is 6.57 Å². The molecule has 0 aliphatic carbocycles. The molecule has 0 bridgehead atoms. The zero-order valence-corrected chi connectivity index (χ0v) is 12.1. The van der Waals surface area contributed by atoms with Gasteiger partial charge in [-0.25, -0.2) is 10.8 Å². The van der Waals surface area contributed by atoms with E-state index in [1.165, 1.54) is 11.9 Å². The number of rotatable bonds is 10. The lowest BCUT2D eigenvalue weighted by molar-refractivity contribution is 0.0712. The zero-order chi connectivity index (χ0) is 12.3. The van der Waals surface area contributed by atoms with E-state index in [0.717, 1.165) is 18.2 Å². The van der Waals surface area contributed by atoms with Gasteiger partial charge in [0, 0.05) is 25.9 Å². The summed E-state index contributed by atoms with van der Waals surface area (Å²) in [5, 5.41) is 0. The summed E-state index contributed by atoms with van der Waals surface area (Å²) in [6, 6.07) is 0.797. The van der Waals surface area contributed by atoms with E-state index >= 15 is 0 Å². The minimum absolute atomic E-state index is 0.613. The molecule has 0 aliphatic rings. The first-order valence-corrected chi connectivity index (χ1v) is 8.52. The average molecular weight is 263 g/mol. The van der Waals surface area contributed by atoms with Gasteiger partial charge in [0.15, 0.2) is 0 Å². The standard InChI is InChI=1S/C10H21NO3SSi/c1-5-12-16(13-6-2,14-7-3)10-8-9-15-11-4/h5-10H2,1-3H3. The Morgan fingerprint density at radius 3 is 1.94 bits per heavy atom. The molecule has 6 heteroatoms. The third kappa shape index (κ3) is 6.50. The molecule has 0 fully saturated rings. The molecule has 0 saturated carbocycles. The molecule has 0 amide bonds. The van der Waals surface area contributed by atoms with E-state index in [-0.39, 0.29) is 0 Å². The lowest BCUT2D eigenvalue weighted by atomic mass is 10.6. The molecule has 16 heavy (non-hydrogen) atoms. The molecule has 0 heterocycles. The minimum atomic E-state index is -2.46. The van der Waals surface area contributed by atoms with Gasteiger partial charge in [-0.15, -0.1) is 0 Å². The third-order valence-electron chi connectivity index (χ3n) is 1.88. The van der Waals surface area contributed by atoms with Gasteiger partial charge in [0.25, 0.3) is 11.9 Å². The molecule has 94 valence electrons.